The number of nitrogens with two attached hydrogens (primary N) is 1. The number of benzene rings is 2. The van der Waals surface area contributed by atoms with Gasteiger partial charge in [-0.2, -0.15) is 0 Å². The van der Waals surface area contributed by atoms with Crippen LogP contribution in [0.1, 0.15) is 12.5 Å². The van der Waals surface area contributed by atoms with E-state index in [-0.39, 0.29) is 0 Å². The van der Waals surface area contributed by atoms with Crippen LogP contribution >= 0.6 is 12.2 Å². The van der Waals surface area contributed by atoms with Gasteiger partial charge in [-0.25, -0.2) is 0 Å². The van der Waals surface area contributed by atoms with Gasteiger partial charge in [-0.05, 0) is 31.2 Å². The monoisotopic (exact) mass is 317 g/mol. The Labute approximate surface area is 135 Å². The summed E-state index contributed by atoms with van der Waals surface area (Å²) in [5, 5.41) is 0. The largest absolute Gasteiger partial charge is 0.490 e. The first-order valence-electron chi connectivity index (χ1n) is 7.08. The van der Waals surface area contributed by atoms with E-state index in [9.17, 15) is 0 Å². The Kier molecular flexibility index (Phi) is 6.03. The molecular weight excluding hydrogens is 298 g/mol. The van der Waals surface area contributed by atoms with Gasteiger partial charge in [0, 0.05) is 0 Å². The lowest BCUT2D eigenvalue weighted by molar-refractivity contribution is 0.208. The van der Waals surface area contributed by atoms with Gasteiger partial charge in [0.1, 0.15) is 24.0 Å². The standard InChI is InChI=1S/C17H19NO3S/c1-2-19-15-9-5-6-10-16(15)21-12-11-20-14-8-4-3-7-13(14)17(18)22/h3-10H,2,11-12H2,1H3,(H2,18,22). The van der Waals surface area contributed by atoms with Gasteiger partial charge in [0.05, 0.1) is 12.2 Å². The molecule has 0 aliphatic heterocycles. The first kappa shape index (κ1) is 16.1. The van der Waals surface area contributed by atoms with Gasteiger partial charge in [-0.3, -0.25) is 0 Å². The van der Waals surface area contributed by atoms with E-state index < -0.39 is 0 Å². The van der Waals surface area contributed by atoms with Gasteiger partial charge >= 0.3 is 0 Å². The molecule has 0 bridgehead atoms. The van der Waals surface area contributed by atoms with E-state index >= 15 is 0 Å². The highest BCUT2D eigenvalue weighted by molar-refractivity contribution is 7.80. The van der Waals surface area contributed by atoms with Gasteiger partial charge in [-0.15, -0.1) is 0 Å². The maximum atomic E-state index is 5.70. The van der Waals surface area contributed by atoms with Crippen molar-refractivity contribution in [3.8, 4) is 17.2 Å². The van der Waals surface area contributed by atoms with E-state index in [1.54, 1.807) is 0 Å². The third-order valence-electron chi connectivity index (χ3n) is 2.90. The zero-order valence-electron chi connectivity index (χ0n) is 12.5. The summed E-state index contributed by atoms with van der Waals surface area (Å²) in [6.07, 6.45) is 0. The summed E-state index contributed by atoms with van der Waals surface area (Å²) in [7, 11) is 0. The Morgan fingerprint density at radius 3 is 1.95 bits per heavy atom. The molecule has 0 heterocycles. The second-order valence-corrected chi connectivity index (χ2v) is 4.88. The third kappa shape index (κ3) is 4.36. The molecule has 0 amide bonds. The van der Waals surface area contributed by atoms with E-state index in [1.807, 2.05) is 55.5 Å². The number of hydrogen-bond acceptors (Lipinski definition) is 4. The minimum Gasteiger partial charge on any atom is -0.490 e. The van der Waals surface area contributed by atoms with Crippen molar-refractivity contribution in [1.82, 2.24) is 0 Å². The van der Waals surface area contributed by atoms with Gasteiger partial charge in [0.15, 0.2) is 11.5 Å². The summed E-state index contributed by atoms with van der Waals surface area (Å²) in [6, 6.07) is 15.0. The Balaban J connectivity index is 1.89. The summed E-state index contributed by atoms with van der Waals surface area (Å²) >= 11 is 5.00. The van der Waals surface area contributed by atoms with Crippen molar-refractivity contribution in [2.24, 2.45) is 5.73 Å². The zero-order valence-corrected chi connectivity index (χ0v) is 13.3. The average Bonchev–Trinajstić information content (AvgIpc) is 2.53. The first-order chi connectivity index (χ1) is 10.7. The summed E-state index contributed by atoms with van der Waals surface area (Å²) < 4.78 is 16.9. The maximum Gasteiger partial charge on any atom is 0.161 e. The molecule has 0 aromatic heterocycles. The second-order valence-electron chi connectivity index (χ2n) is 4.44. The smallest absolute Gasteiger partial charge is 0.161 e. The van der Waals surface area contributed by atoms with Crippen LogP contribution < -0.4 is 19.9 Å². The predicted octanol–water partition coefficient (Wildman–Crippen LogP) is 3.18. The van der Waals surface area contributed by atoms with Gasteiger partial charge < -0.3 is 19.9 Å². The number of para-hydroxylation sites is 3. The number of hydrogen-bond donors (Lipinski definition) is 1. The van der Waals surface area contributed by atoms with E-state index in [0.717, 1.165) is 11.3 Å². The van der Waals surface area contributed by atoms with E-state index in [0.29, 0.717) is 36.3 Å². The molecule has 0 saturated heterocycles. The van der Waals surface area contributed by atoms with E-state index in [4.69, 9.17) is 32.2 Å². The molecule has 116 valence electrons. The highest BCUT2D eigenvalue weighted by Gasteiger charge is 2.06. The molecule has 22 heavy (non-hydrogen) atoms. The fraction of sp³-hybridized carbons (Fsp3) is 0.235. The molecule has 0 aliphatic rings. The molecule has 2 aromatic rings. The Morgan fingerprint density at radius 1 is 0.864 bits per heavy atom. The topological polar surface area (TPSA) is 53.7 Å². The lowest BCUT2D eigenvalue weighted by Crippen LogP contribution is -2.14. The fourth-order valence-electron chi connectivity index (χ4n) is 1.94. The van der Waals surface area contributed by atoms with Crippen molar-refractivity contribution in [2.75, 3.05) is 19.8 Å². The third-order valence-corrected chi connectivity index (χ3v) is 3.12. The van der Waals surface area contributed by atoms with Crippen LogP contribution in [0.5, 0.6) is 17.2 Å². The van der Waals surface area contributed by atoms with Crippen LogP contribution in [0.25, 0.3) is 0 Å². The van der Waals surface area contributed by atoms with Crippen molar-refractivity contribution in [1.29, 1.82) is 0 Å². The number of thiocarbonyl (C=S) groups is 1. The van der Waals surface area contributed by atoms with Gasteiger partial charge in [0.2, 0.25) is 0 Å². The minimum atomic E-state index is 0.318. The van der Waals surface area contributed by atoms with Gasteiger partial charge in [0.25, 0.3) is 0 Å². The zero-order chi connectivity index (χ0) is 15.8. The van der Waals surface area contributed by atoms with Crippen LogP contribution in [-0.4, -0.2) is 24.8 Å². The molecule has 4 nitrogen and oxygen atoms in total. The molecule has 5 heteroatoms. The lowest BCUT2D eigenvalue weighted by atomic mass is 10.2. The first-order valence-corrected chi connectivity index (χ1v) is 7.49. The number of ether oxygens (including phenoxy) is 3. The molecule has 0 spiro atoms. The minimum absolute atomic E-state index is 0.318. The maximum absolute atomic E-state index is 5.70. The molecule has 0 radical (unpaired) electrons. The van der Waals surface area contributed by atoms with Gasteiger partial charge in [-0.1, -0.05) is 36.5 Å². The van der Waals surface area contributed by atoms with Crippen molar-refractivity contribution in [3.05, 3.63) is 54.1 Å². The van der Waals surface area contributed by atoms with Crippen LogP contribution in [0.2, 0.25) is 0 Å². The SMILES string of the molecule is CCOc1ccccc1OCCOc1ccccc1C(N)=S. The Morgan fingerprint density at radius 2 is 1.36 bits per heavy atom. The molecule has 0 unspecified atom stereocenters. The van der Waals surface area contributed by atoms with Crippen molar-refractivity contribution < 1.29 is 14.2 Å². The normalized spacial score (nSPS) is 10.0. The summed E-state index contributed by atoms with van der Waals surface area (Å²) in [5.41, 5.74) is 6.40. The van der Waals surface area contributed by atoms with Crippen molar-refractivity contribution >= 4 is 17.2 Å². The van der Waals surface area contributed by atoms with Crippen molar-refractivity contribution in [3.63, 3.8) is 0 Å². The van der Waals surface area contributed by atoms with Crippen molar-refractivity contribution in [2.45, 2.75) is 6.92 Å². The molecule has 0 saturated carbocycles. The quantitative estimate of drug-likeness (QED) is 0.598. The van der Waals surface area contributed by atoms with Crippen LogP contribution in [0, 0.1) is 0 Å². The fourth-order valence-corrected chi connectivity index (χ4v) is 2.11. The summed E-state index contributed by atoms with van der Waals surface area (Å²) in [5.74, 6) is 2.10. The van der Waals surface area contributed by atoms with E-state index in [1.165, 1.54) is 0 Å². The molecule has 0 fully saturated rings. The highest BCUT2D eigenvalue weighted by Crippen LogP contribution is 2.26. The predicted molar refractivity (Wildman–Crippen MR) is 90.9 cm³/mol. The summed E-state index contributed by atoms with van der Waals surface area (Å²) in [6.45, 7) is 3.32. The highest BCUT2D eigenvalue weighted by atomic mass is 32.1. The molecule has 2 aromatic carbocycles. The lowest BCUT2D eigenvalue weighted by Gasteiger charge is -2.13. The van der Waals surface area contributed by atoms with Crippen LogP contribution in [0.3, 0.4) is 0 Å². The average molecular weight is 317 g/mol. The molecule has 2 N–H and O–H groups in total. The van der Waals surface area contributed by atoms with E-state index in [2.05, 4.69) is 0 Å². The molecular formula is C17H19NO3S. The molecule has 2 rings (SSSR count). The van der Waals surface area contributed by atoms with Crippen LogP contribution in [-0.2, 0) is 0 Å². The Bertz CT molecular complexity index is 631. The second kappa shape index (κ2) is 8.24. The number of rotatable bonds is 8. The van der Waals surface area contributed by atoms with Crippen LogP contribution in [0.15, 0.2) is 48.5 Å². The molecule has 0 aliphatic carbocycles. The molecule has 0 atom stereocenters. The Hall–Kier alpha value is -2.27. The van der Waals surface area contributed by atoms with Crippen LogP contribution in [0.4, 0.5) is 0 Å². The summed E-state index contributed by atoms with van der Waals surface area (Å²) in [4.78, 5) is 0.318.